The summed E-state index contributed by atoms with van der Waals surface area (Å²) in [4.78, 5) is 0. The minimum atomic E-state index is -8.57. The summed E-state index contributed by atoms with van der Waals surface area (Å²) in [6, 6.07) is 0. The van der Waals surface area contributed by atoms with Gasteiger partial charge in [-0.3, -0.25) is 61.2 Å². The second kappa shape index (κ2) is 23.3. The Hall–Kier alpha value is -2.14. The number of hydrogen-bond acceptors (Lipinski definition) is 0. The van der Waals surface area contributed by atoms with Crippen molar-refractivity contribution in [2.24, 2.45) is 0 Å². The second-order valence-corrected chi connectivity index (χ2v) is 8.25. The molecule has 0 bridgehead atoms. The van der Waals surface area contributed by atoms with Crippen LogP contribution in [0.4, 0.5) is 136 Å². The Morgan fingerprint density at radius 2 is 0.617 bits per heavy atom. The molecule has 0 unspecified atom stereocenters. The SMILES string of the molecule is C[N+]1(CCCC(F)(F)C(F)(F)C(F)(F)C(F)(F)C(F)(F)C(F)(F)C(F)(F)C(F)(F)F)CCCC1.F.F.F.F.F.F.F.F.F.F.F.F.F. The maximum Gasteiger partial charge on any atom is 0.460 e. The number of likely N-dealkylation sites (tertiary alicyclic amines) is 1. The van der Waals surface area contributed by atoms with Gasteiger partial charge in [-0.15, -0.1) is 0 Å². The molecule has 1 aliphatic heterocycles. The molecule has 1 saturated heterocycles. The minimum Gasteiger partial charge on any atom is -0.326 e. The Morgan fingerprint density at radius 1 is 0.383 bits per heavy atom. The van der Waals surface area contributed by atoms with Gasteiger partial charge in [-0.25, -0.2) is 0 Å². The lowest BCUT2D eigenvalue weighted by molar-refractivity contribution is -0.898. The van der Waals surface area contributed by atoms with E-state index in [0.29, 0.717) is 25.9 Å². The van der Waals surface area contributed by atoms with Gasteiger partial charge in [0.25, 0.3) is 0 Å². The van der Waals surface area contributed by atoms with E-state index >= 15 is 0 Å². The van der Waals surface area contributed by atoms with Gasteiger partial charge < -0.3 is 4.48 Å². The summed E-state index contributed by atoms with van der Waals surface area (Å²) in [5.41, 5.74) is 0. The van der Waals surface area contributed by atoms with E-state index in [2.05, 4.69) is 0 Å². The van der Waals surface area contributed by atoms with Gasteiger partial charge >= 0.3 is 47.6 Å². The fourth-order valence-corrected chi connectivity index (χ4v) is 3.36. The smallest absolute Gasteiger partial charge is 0.326 e. The zero-order chi connectivity index (χ0) is 27.4. The molecular weight excluding hydrogens is 776 g/mol. The van der Waals surface area contributed by atoms with E-state index in [9.17, 15) is 74.6 Å². The zero-order valence-electron chi connectivity index (χ0n) is 22.1. The molecule has 1 fully saturated rings. The van der Waals surface area contributed by atoms with Crippen LogP contribution in [0.25, 0.3) is 0 Å². The van der Waals surface area contributed by atoms with Gasteiger partial charge in [-0.2, -0.15) is 74.6 Å². The van der Waals surface area contributed by atoms with Crippen LogP contribution < -0.4 is 0 Å². The average molecular weight is 806 g/mol. The first-order chi connectivity index (χ1) is 14.7. The highest BCUT2D eigenvalue weighted by Gasteiger charge is 2.95. The van der Waals surface area contributed by atoms with Gasteiger partial charge in [-0.1, -0.05) is 0 Å². The molecule has 0 aliphatic carbocycles. The Morgan fingerprint density at radius 3 is 0.872 bits per heavy atom. The molecule has 31 heteroatoms. The summed E-state index contributed by atoms with van der Waals surface area (Å²) in [5, 5.41) is 0. The largest absolute Gasteiger partial charge is 0.460 e. The summed E-state index contributed by atoms with van der Waals surface area (Å²) in [6.07, 6.45) is -10.0. The van der Waals surface area contributed by atoms with E-state index in [1.54, 1.807) is 0 Å². The highest BCUT2D eigenvalue weighted by Crippen LogP contribution is 2.64. The van der Waals surface area contributed by atoms with Gasteiger partial charge in [-0.05, 0) is 0 Å². The zero-order valence-corrected chi connectivity index (χ0v) is 22.1. The fourth-order valence-electron chi connectivity index (χ4n) is 3.36. The molecule has 0 N–H and O–H groups in total. The van der Waals surface area contributed by atoms with Crippen LogP contribution in [0, 0.1) is 0 Å². The van der Waals surface area contributed by atoms with Crippen molar-refractivity contribution in [1.29, 1.82) is 0 Å². The van der Waals surface area contributed by atoms with Gasteiger partial charge in [0.15, 0.2) is 0 Å². The Kier molecular flexibility index (Phi) is 42.1. The Bertz CT molecular complexity index is 728. The molecule has 1 aliphatic rings. The van der Waals surface area contributed by atoms with Crippen LogP contribution in [0.1, 0.15) is 25.7 Å². The van der Waals surface area contributed by atoms with Gasteiger partial charge in [0.1, 0.15) is 0 Å². The van der Waals surface area contributed by atoms with E-state index < -0.39 is 60.5 Å². The molecule has 1 rings (SSSR count). The average Bonchev–Trinajstić information content (AvgIpc) is 3.06. The van der Waals surface area contributed by atoms with Crippen LogP contribution in [0.5, 0.6) is 0 Å². The van der Waals surface area contributed by atoms with Crippen molar-refractivity contribution >= 4 is 0 Å². The van der Waals surface area contributed by atoms with E-state index in [1.165, 1.54) is 7.05 Å². The minimum absolute atomic E-state index is 0. The van der Waals surface area contributed by atoms with Crippen molar-refractivity contribution < 1.29 is 140 Å². The van der Waals surface area contributed by atoms with E-state index in [4.69, 9.17) is 0 Å². The van der Waals surface area contributed by atoms with Crippen molar-refractivity contribution in [3.8, 4) is 0 Å². The highest BCUT2D eigenvalue weighted by atomic mass is 19.4. The number of halogens is 30. The lowest BCUT2D eigenvalue weighted by Gasteiger charge is -2.43. The third-order valence-corrected chi connectivity index (χ3v) is 5.62. The van der Waals surface area contributed by atoms with Crippen LogP contribution in [0.3, 0.4) is 0 Å². The Balaban J connectivity index is -0.0000000808. The molecule has 0 aromatic rings. The van der Waals surface area contributed by atoms with Crippen molar-refractivity contribution in [1.82, 2.24) is 0 Å². The first-order valence-corrected chi connectivity index (χ1v) is 9.21. The van der Waals surface area contributed by atoms with Crippen molar-refractivity contribution in [2.45, 2.75) is 73.3 Å². The summed E-state index contributed by atoms with van der Waals surface area (Å²) < 4.78 is 224. The molecule has 0 saturated carbocycles. The molecule has 1 heterocycles. The summed E-state index contributed by atoms with van der Waals surface area (Å²) in [5.74, 6) is -55.7. The third kappa shape index (κ3) is 12.7. The molecular formula is C16H30F30N+. The molecule has 0 amide bonds. The van der Waals surface area contributed by atoms with Crippen LogP contribution in [0.15, 0.2) is 0 Å². The summed E-state index contributed by atoms with van der Waals surface area (Å²) in [6.45, 7) is 0.287. The number of nitrogens with zero attached hydrogens (tertiary/aromatic N) is 1. The number of hydrogen-bond donors (Lipinski definition) is 0. The molecule has 0 radical (unpaired) electrons. The first kappa shape index (κ1) is 85.0. The molecule has 0 aromatic heterocycles. The maximum absolute atomic E-state index is 13.8. The summed E-state index contributed by atoms with van der Waals surface area (Å²) in [7, 11) is 1.44. The molecule has 0 spiro atoms. The standard InChI is InChI=1S/C16H17F17N.13FH/c1-34(6-2-3-7-34)8-4-5-9(17,18)10(19,20)11(21,22)12(23,24)13(25,26)14(27,28)15(29,30)16(31,32)33;;;;;;;;;;;;;/h2-8H2,1H3;13*1H/q+1;;;;;;;;;;;;;. The molecule has 0 atom stereocenters. The van der Waals surface area contributed by atoms with Crippen molar-refractivity contribution in [2.75, 3.05) is 26.7 Å². The normalized spacial score (nSPS) is 14.2. The Labute approximate surface area is 241 Å². The van der Waals surface area contributed by atoms with Crippen LogP contribution in [-0.2, 0) is 0 Å². The molecule has 1 nitrogen and oxygen atoms in total. The predicted molar refractivity (Wildman–Crippen MR) is 112 cm³/mol. The van der Waals surface area contributed by atoms with Crippen molar-refractivity contribution in [3.05, 3.63) is 0 Å². The van der Waals surface area contributed by atoms with Crippen LogP contribution in [-0.4, -0.2) is 78.8 Å². The van der Waals surface area contributed by atoms with Crippen molar-refractivity contribution in [3.63, 3.8) is 0 Å². The van der Waals surface area contributed by atoms with E-state index in [0.717, 1.165) is 0 Å². The monoisotopic (exact) mass is 806 g/mol. The lowest BCUT2D eigenvalue weighted by atomic mass is 9.88. The topological polar surface area (TPSA) is 0 Å². The molecule has 47 heavy (non-hydrogen) atoms. The molecule has 0 aromatic carbocycles. The van der Waals surface area contributed by atoms with E-state index in [-0.39, 0.29) is 72.2 Å². The van der Waals surface area contributed by atoms with Crippen LogP contribution >= 0.6 is 0 Å². The van der Waals surface area contributed by atoms with Gasteiger partial charge in [0, 0.05) is 25.7 Å². The quantitative estimate of drug-likeness (QED) is 0.153. The van der Waals surface area contributed by atoms with Crippen LogP contribution in [0.2, 0.25) is 0 Å². The maximum atomic E-state index is 13.8. The van der Waals surface area contributed by atoms with Gasteiger partial charge in [0.2, 0.25) is 0 Å². The number of alkyl halides is 17. The van der Waals surface area contributed by atoms with E-state index in [1.807, 2.05) is 0 Å². The summed E-state index contributed by atoms with van der Waals surface area (Å²) >= 11 is 0. The lowest BCUT2D eigenvalue weighted by Crippen LogP contribution is -2.74. The second-order valence-electron chi connectivity index (χ2n) is 8.25. The fraction of sp³-hybridized carbons (Fsp3) is 1.00. The molecule has 308 valence electrons. The number of quaternary nitrogens is 1. The first-order valence-electron chi connectivity index (χ1n) is 9.21. The highest BCUT2D eigenvalue weighted by molar-refractivity contribution is 5.15. The van der Waals surface area contributed by atoms with Gasteiger partial charge in [0.05, 0.1) is 26.7 Å². The third-order valence-electron chi connectivity index (χ3n) is 5.62. The number of rotatable bonds is 10. The predicted octanol–water partition coefficient (Wildman–Crippen LogP) is 9.00.